The van der Waals surface area contributed by atoms with E-state index in [1.54, 1.807) is 26.6 Å². The molecule has 0 aliphatic rings. The minimum absolute atomic E-state index is 0.162. The quantitative estimate of drug-likeness (QED) is 0.887. The van der Waals surface area contributed by atoms with Gasteiger partial charge in [0.1, 0.15) is 11.9 Å². The van der Waals surface area contributed by atoms with E-state index in [-0.39, 0.29) is 6.10 Å². The highest BCUT2D eigenvalue weighted by Gasteiger charge is 2.15. The van der Waals surface area contributed by atoms with E-state index in [1.807, 2.05) is 24.3 Å². The van der Waals surface area contributed by atoms with E-state index in [0.717, 1.165) is 11.3 Å². The summed E-state index contributed by atoms with van der Waals surface area (Å²) in [5.74, 6) is 1.30. The van der Waals surface area contributed by atoms with Crippen molar-refractivity contribution in [3.63, 3.8) is 0 Å². The zero-order chi connectivity index (χ0) is 14.4. The zero-order valence-corrected chi connectivity index (χ0v) is 12.1. The summed E-state index contributed by atoms with van der Waals surface area (Å²) in [6, 6.07) is 7.74. The van der Waals surface area contributed by atoms with Crippen molar-refractivity contribution in [1.29, 1.82) is 0 Å². The van der Waals surface area contributed by atoms with E-state index in [0.29, 0.717) is 17.5 Å². The summed E-state index contributed by atoms with van der Waals surface area (Å²) in [6.45, 7) is 0.526. The highest BCUT2D eigenvalue weighted by Crippen LogP contribution is 2.26. The van der Waals surface area contributed by atoms with Crippen molar-refractivity contribution in [3.05, 3.63) is 47.2 Å². The van der Waals surface area contributed by atoms with Gasteiger partial charge in [0.2, 0.25) is 5.95 Å². The maximum atomic E-state index is 5.74. The van der Waals surface area contributed by atoms with Gasteiger partial charge >= 0.3 is 0 Å². The van der Waals surface area contributed by atoms with Gasteiger partial charge in [-0.15, -0.1) is 0 Å². The lowest BCUT2D eigenvalue weighted by Gasteiger charge is -2.18. The standard InChI is InChI=1S/C14H16ClN3O2/c1-19-12-6-4-3-5-11(12)13(20-2)9-18-14-16-7-10(15)8-17-14/h3-8,13H,9H2,1-2H3,(H,16,17,18). The summed E-state index contributed by atoms with van der Waals surface area (Å²) in [5, 5.41) is 3.61. The maximum Gasteiger partial charge on any atom is 0.222 e. The van der Waals surface area contributed by atoms with E-state index in [9.17, 15) is 0 Å². The van der Waals surface area contributed by atoms with Crippen LogP contribution in [0.1, 0.15) is 11.7 Å². The number of hydrogen-bond donors (Lipinski definition) is 1. The molecule has 0 bridgehead atoms. The van der Waals surface area contributed by atoms with E-state index in [1.165, 1.54) is 0 Å². The molecule has 6 heteroatoms. The Morgan fingerprint density at radius 2 is 1.90 bits per heavy atom. The fourth-order valence-electron chi connectivity index (χ4n) is 1.84. The van der Waals surface area contributed by atoms with Gasteiger partial charge in [0.25, 0.3) is 0 Å². The fourth-order valence-corrected chi connectivity index (χ4v) is 1.94. The molecule has 106 valence electrons. The Balaban J connectivity index is 2.07. The second-order valence-electron chi connectivity index (χ2n) is 4.07. The van der Waals surface area contributed by atoms with Crippen LogP contribution in [0.15, 0.2) is 36.7 Å². The molecule has 0 saturated heterocycles. The third-order valence-corrected chi connectivity index (χ3v) is 3.03. The average molecular weight is 294 g/mol. The van der Waals surface area contributed by atoms with Crippen LogP contribution in [-0.2, 0) is 4.74 Å². The van der Waals surface area contributed by atoms with Gasteiger partial charge in [-0.05, 0) is 6.07 Å². The summed E-state index contributed by atoms with van der Waals surface area (Å²) in [7, 11) is 3.29. The summed E-state index contributed by atoms with van der Waals surface area (Å²) >= 11 is 5.74. The predicted octanol–water partition coefficient (Wildman–Crippen LogP) is 2.94. The first-order valence-electron chi connectivity index (χ1n) is 6.11. The van der Waals surface area contributed by atoms with E-state index >= 15 is 0 Å². The molecule has 0 saturated carbocycles. The molecule has 0 fully saturated rings. The Labute approximate surface area is 122 Å². The lowest BCUT2D eigenvalue weighted by Crippen LogP contribution is -2.16. The normalized spacial score (nSPS) is 11.9. The van der Waals surface area contributed by atoms with Gasteiger partial charge in [-0.1, -0.05) is 29.8 Å². The second kappa shape index (κ2) is 7.07. The van der Waals surface area contributed by atoms with Crippen LogP contribution in [-0.4, -0.2) is 30.7 Å². The largest absolute Gasteiger partial charge is 0.496 e. The van der Waals surface area contributed by atoms with Crippen LogP contribution < -0.4 is 10.1 Å². The molecule has 0 aliphatic heterocycles. The van der Waals surface area contributed by atoms with Crippen LogP contribution in [0, 0.1) is 0 Å². The molecule has 1 N–H and O–H groups in total. The van der Waals surface area contributed by atoms with Gasteiger partial charge in [-0.3, -0.25) is 0 Å². The third kappa shape index (κ3) is 3.59. The Bertz CT molecular complexity index is 548. The monoisotopic (exact) mass is 293 g/mol. The molecule has 5 nitrogen and oxygen atoms in total. The zero-order valence-electron chi connectivity index (χ0n) is 11.3. The van der Waals surface area contributed by atoms with Crippen LogP contribution in [0.2, 0.25) is 5.02 Å². The van der Waals surface area contributed by atoms with Crippen LogP contribution in [0.4, 0.5) is 5.95 Å². The molecule has 0 radical (unpaired) electrons. The number of anilines is 1. The molecule has 1 heterocycles. The smallest absolute Gasteiger partial charge is 0.222 e. The number of methoxy groups -OCH3 is 2. The number of para-hydroxylation sites is 1. The lowest BCUT2D eigenvalue weighted by molar-refractivity contribution is 0.111. The second-order valence-corrected chi connectivity index (χ2v) is 4.51. The van der Waals surface area contributed by atoms with Crippen LogP contribution in [0.25, 0.3) is 0 Å². The maximum absolute atomic E-state index is 5.74. The SMILES string of the molecule is COc1ccccc1C(CNc1ncc(Cl)cn1)OC. The molecule has 0 spiro atoms. The van der Waals surface area contributed by atoms with Gasteiger partial charge in [0.05, 0.1) is 24.5 Å². The number of nitrogens with zero attached hydrogens (tertiary/aromatic N) is 2. The van der Waals surface area contributed by atoms with Crippen molar-refractivity contribution >= 4 is 17.5 Å². The van der Waals surface area contributed by atoms with Crippen molar-refractivity contribution in [3.8, 4) is 5.75 Å². The van der Waals surface area contributed by atoms with Crippen molar-refractivity contribution in [2.45, 2.75) is 6.10 Å². The topological polar surface area (TPSA) is 56.3 Å². The Kier molecular flexibility index (Phi) is 5.15. The Morgan fingerprint density at radius 1 is 1.20 bits per heavy atom. The lowest BCUT2D eigenvalue weighted by atomic mass is 10.1. The van der Waals surface area contributed by atoms with Gasteiger partial charge in [0, 0.05) is 19.2 Å². The van der Waals surface area contributed by atoms with Gasteiger partial charge in [0.15, 0.2) is 0 Å². The van der Waals surface area contributed by atoms with E-state index in [2.05, 4.69) is 15.3 Å². The third-order valence-electron chi connectivity index (χ3n) is 2.84. The molecular weight excluding hydrogens is 278 g/mol. The van der Waals surface area contributed by atoms with E-state index < -0.39 is 0 Å². The Morgan fingerprint density at radius 3 is 2.55 bits per heavy atom. The number of aromatic nitrogens is 2. The van der Waals surface area contributed by atoms with Crippen molar-refractivity contribution in [2.24, 2.45) is 0 Å². The summed E-state index contributed by atoms with van der Waals surface area (Å²) in [5.41, 5.74) is 0.971. The highest BCUT2D eigenvalue weighted by molar-refractivity contribution is 6.30. The molecule has 2 rings (SSSR count). The average Bonchev–Trinajstić information content (AvgIpc) is 2.50. The summed E-state index contributed by atoms with van der Waals surface area (Å²) < 4.78 is 10.8. The first-order valence-corrected chi connectivity index (χ1v) is 6.49. The highest BCUT2D eigenvalue weighted by atomic mass is 35.5. The molecule has 1 aromatic heterocycles. The number of ether oxygens (including phenoxy) is 2. The number of rotatable bonds is 6. The van der Waals surface area contributed by atoms with Gasteiger partial charge in [-0.25, -0.2) is 9.97 Å². The summed E-state index contributed by atoms with van der Waals surface area (Å²) in [6.07, 6.45) is 2.93. The number of nitrogens with one attached hydrogen (secondary N) is 1. The fraction of sp³-hybridized carbons (Fsp3) is 0.286. The predicted molar refractivity (Wildman–Crippen MR) is 78.3 cm³/mol. The minimum Gasteiger partial charge on any atom is -0.496 e. The molecule has 2 aromatic rings. The molecule has 1 unspecified atom stereocenters. The van der Waals surface area contributed by atoms with Crippen molar-refractivity contribution in [1.82, 2.24) is 9.97 Å². The van der Waals surface area contributed by atoms with Gasteiger partial charge < -0.3 is 14.8 Å². The molecule has 1 aromatic carbocycles. The number of benzene rings is 1. The van der Waals surface area contributed by atoms with Crippen LogP contribution >= 0.6 is 11.6 Å². The molecule has 0 aliphatic carbocycles. The minimum atomic E-state index is -0.162. The van der Waals surface area contributed by atoms with Crippen molar-refractivity contribution < 1.29 is 9.47 Å². The number of hydrogen-bond acceptors (Lipinski definition) is 5. The van der Waals surface area contributed by atoms with E-state index in [4.69, 9.17) is 21.1 Å². The van der Waals surface area contributed by atoms with Crippen LogP contribution in [0.3, 0.4) is 0 Å². The van der Waals surface area contributed by atoms with Gasteiger partial charge in [-0.2, -0.15) is 0 Å². The first kappa shape index (κ1) is 14.6. The molecule has 20 heavy (non-hydrogen) atoms. The molecular formula is C14H16ClN3O2. The molecule has 0 amide bonds. The Hall–Kier alpha value is -1.85. The van der Waals surface area contributed by atoms with Crippen molar-refractivity contribution in [2.75, 3.05) is 26.1 Å². The van der Waals surface area contributed by atoms with Crippen LogP contribution in [0.5, 0.6) is 5.75 Å². The first-order chi connectivity index (χ1) is 9.74. The number of halogens is 1. The molecule has 1 atom stereocenters. The summed E-state index contributed by atoms with van der Waals surface area (Å²) in [4.78, 5) is 8.16.